The van der Waals surface area contributed by atoms with Crippen LogP contribution < -0.4 is 34.0 Å². The number of aliphatic hydroxyl groups is 1. The molecule has 6 heterocycles. The van der Waals surface area contributed by atoms with Gasteiger partial charge in [0.2, 0.25) is 0 Å². The number of aromatic nitrogens is 4. The predicted octanol–water partition coefficient (Wildman–Crippen LogP) is 17.6. The molecule has 12 aromatic rings. The van der Waals surface area contributed by atoms with Crippen LogP contribution in [0.4, 0.5) is 23.3 Å². The summed E-state index contributed by atoms with van der Waals surface area (Å²) in [5.74, 6) is 28.6. The third-order valence-electron chi connectivity index (χ3n) is 20.3. The van der Waals surface area contributed by atoms with Crippen molar-refractivity contribution in [1.82, 2.24) is 35.1 Å². The Balaban J connectivity index is 0.000000144. The number of likely N-dealkylation sites (tertiary alicyclic amines) is 1. The topological polar surface area (TPSA) is 284 Å². The van der Waals surface area contributed by atoms with Gasteiger partial charge in [0.25, 0.3) is 0 Å². The Hall–Kier alpha value is -11.7. The van der Waals surface area contributed by atoms with Gasteiger partial charge in [0.1, 0.15) is 29.1 Å². The van der Waals surface area contributed by atoms with E-state index in [-0.39, 0.29) is 17.3 Å². The Kier molecular flexibility index (Phi) is 29.9. The summed E-state index contributed by atoms with van der Waals surface area (Å²) in [5, 5.41) is 23.6. The Bertz CT molecular complexity index is 5880. The van der Waals surface area contributed by atoms with Crippen LogP contribution in [0.5, 0.6) is 0 Å². The Morgan fingerprint density at radius 3 is 1.17 bits per heavy atom. The minimum absolute atomic E-state index is 0.0318. The minimum atomic E-state index is -0.467. The molecule has 4 aromatic heterocycles. The van der Waals surface area contributed by atoms with Gasteiger partial charge in [-0.1, -0.05) is 173 Å². The summed E-state index contributed by atoms with van der Waals surface area (Å²) < 4.78 is 0. The van der Waals surface area contributed by atoms with Crippen LogP contribution >= 0.6 is 46.4 Å². The molecule has 0 amide bonds. The number of nitrogens with two attached hydrogens (primary N) is 5. The van der Waals surface area contributed by atoms with Gasteiger partial charge < -0.3 is 48.9 Å². The summed E-state index contributed by atoms with van der Waals surface area (Å²) in [4.78, 5) is 63.0. The number of Topliss-reactive ketones (excluding diaryl/α,β-unsaturated/α-hetero) is 3. The molecule has 2 fully saturated rings. The van der Waals surface area contributed by atoms with Crippen LogP contribution in [0.2, 0.25) is 20.1 Å². The number of nitrogens with one attached hydrogen (secondary N) is 1. The summed E-state index contributed by atoms with van der Waals surface area (Å²) in [6.07, 6.45) is 18.2. The first-order valence-electron chi connectivity index (χ1n) is 39.2. The van der Waals surface area contributed by atoms with Crippen LogP contribution in [0.3, 0.4) is 0 Å². The van der Waals surface area contributed by atoms with E-state index in [2.05, 4.69) is 99.5 Å². The van der Waals surface area contributed by atoms with Gasteiger partial charge >= 0.3 is 0 Å². The molecule has 0 bridgehead atoms. The highest BCUT2D eigenvalue weighted by Crippen LogP contribution is 2.35. The third-order valence-corrected chi connectivity index (χ3v) is 21.3. The number of pyridine rings is 4. The number of rotatable bonds is 19. The van der Waals surface area contributed by atoms with Crippen molar-refractivity contribution in [3.63, 3.8) is 0 Å². The van der Waals surface area contributed by atoms with Crippen molar-refractivity contribution in [2.45, 2.75) is 95.6 Å². The van der Waals surface area contributed by atoms with Crippen molar-refractivity contribution in [3.05, 3.63) is 281 Å². The maximum Gasteiger partial charge on any atom is 0.162 e. The van der Waals surface area contributed by atoms with Crippen LogP contribution in [0.1, 0.15) is 165 Å². The molecule has 2 atom stereocenters. The lowest BCUT2D eigenvalue weighted by molar-refractivity contribution is 0.0821. The molecule has 3 aliphatic rings. The fourth-order valence-corrected chi connectivity index (χ4v) is 14.3. The first-order valence-corrected chi connectivity index (χ1v) is 40.7. The van der Waals surface area contributed by atoms with Gasteiger partial charge in [0.15, 0.2) is 17.3 Å². The minimum Gasteiger partial charge on any atom is -0.392 e. The van der Waals surface area contributed by atoms with E-state index in [0.29, 0.717) is 122 Å². The van der Waals surface area contributed by atoms with Crippen molar-refractivity contribution in [2.75, 3.05) is 76.3 Å². The van der Waals surface area contributed by atoms with Crippen LogP contribution in [0.15, 0.2) is 200 Å². The number of hydrogen-bond acceptors (Lipinski definition) is 17. The largest absolute Gasteiger partial charge is 0.392 e. The van der Waals surface area contributed by atoms with Gasteiger partial charge in [0, 0.05) is 164 Å². The predicted molar refractivity (Wildman–Crippen MR) is 479 cm³/mol. The molecular formula is C96H91Cl4N13O4. The van der Waals surface area contributed by atoms with Gasteiger partial charge in [0.05, 0.1) is 34.9 Å². The van der Waals surface area contributed by atoms with Crippen molar-refractivity contribution in [3.8, 4) is 47.4 Å². The summed E-state index contributed by atoms with van der Waals surface area (Å²) in [6.45, 7) is 5.23. The molecule has 0 radical (unpaired) electrons. The number of anilines is 4. The molecule has 1 aliphatic carbocycles. The number of carbonyl (C=O) groups excluding carboxylic acids is 3. The average molecular weight is 1630 g/mol. The van der Waals surface area contributed by atoms with Gasteiger partial charge in [-0.25, -0.2) is 19.9 Å². The first kappa shape index (κ1) is 84.7. The molecule has 21 heteroatoms. The van der Waals surface area contributed by atoms with E-state index in [9.17, 15) is 19.5 Å². The number of aliphatic hydroxyl groups excluding tert-OH is 1. The molecule has 592 valence electrons. The standard InChI is InChI=1S/C27H28ClN3O2.C24H24ClN3O.C23H19ClN4.C22H20ClN3O/c28-22-10-9-21-17-30-27(29)24(25(21)16-22)12-6-19-4-7-20(8-5-19)26(33)13-11-23(32)18-31-14-2-1-3-15-31;1-28(2)14-4-3-5-23(29)18-9-6-17(7-10-18)8-13-21-22-15-20(25)12-11-19(22)16-27-24(21)26;24-18-9-8-17-12-26-22(25)19(20(17)11-18)10-3-14-1-4-16(5-2-14)23-27-13-21(28-23)15-6-7-15;23-18-10-9-17-14-26-22(25)19(20(17)13-18)11-6-15-4-7-16(8-5-15)21(27)3-1-2-12-24/h4-5,7-10,16-17,23,32H,1-3,11,13-15,18H2,(H2,29,30);6-7,9-12,15-16H,3-5,14H2,1-2H3,(H2,26,27);1-2,4-5,8-9,11-12,15,21H,6-7,13H2,(H2,25,26)(H,27,28);4-5,7-10,13-14H,1-3,12,24H2,(H2,25,26). The number of nitrogen functional groups attached to an aromatic ring is 4. The number of halogens is 4. The van der Waals surface area contributed by atoms with E-state index in [4.69, 9.17) is 75.1 Å². The second kappa shape index (κ2) is 41.2. The lowest BCUT2D eigenvalue weighted by atomic mass is 10.0. The molecule has 117 heavy (non-hydrogen) atoms. The quantitative estimate of drug-likeness (QED) is 0.0225. The lowest BCUT2D eigenvalue weighted by Crippen LogP contribution is -2.36. The molecule has 1 saturated heterocycles. The number of nitrogens with zero attached hydrogens (tertiary/aromatic N) is 7. The molecule has 1 saturated carbocycles. The van der Waals surface area contributed by atoms with Gasteiger partial charge in [-0.2, -0.15) is 0 Å². The SMILES string of the molecule is CN(C)CCCCC(=O)c1ccc(C#Cc2c(N)ncc3ccc(Cl)cc23)cc1.NCCCCC(=O)c1ccc(C#Cc2c(N)ncc3ccc(Cl)cc23)cc1.Nc1ncc2ccc(Cl)cc2c1C#Cc1ccc(C(=O)CCC(O)CN2CCCCC2)cc1.Nc1ncc2ccc(Cl)cc2c1C#Cc1ccc(C2=NCC(C3CC3)N2)cc1. The van der Waals surface area contributed by atoms with E-state index >= 15 is 0 Å². The second-order valence-electron chi connectivity index (χ2n) is 29.4. The number of hydrogen-bond donors (Lipinski definition) is 7. The second-order valence-corrected chi connectivity index (χ2v) is 31.2. The first-order chi connectivity index (χ1) is 56.7. The van der Waals surface area contributed by atoms with Crippen LogP contribution in [0, 0.1) is 53.3 Å². The van der Waals surface area contributed by atoms with Crippen LogP contribution in [-0.2, 0) is 0 Å². The number of fused-ring (bicyclic) bond motifs is 4. The smallest absolute Gasteiger partial charge is 0.162 e. The van der Waals surface area contributed by atoms with Gasteiger partial charge in [-0.3, -0.25) is 19.4 Å². The maximum atomic E-state index is 12.6. The number of unbranched alkanes of at least 4 members (excludes halogenated alkanes) is 2. The fourth-order valence-electron chi connectivity index (χ4n) is 13.6. The van der Waals surface area contributed by atoms with E-state index in [1.165, 1.54) is 32.1 Å². The Labute approximate surface area is 703 Å². The number of amidine groups is 1. The highest BCUT2D eigenvalue weighted by atomic mass is 35.5. The molecule has 2 unspecified atom stereocenters. The number of piperidine rings is 1. The maximum absolute atomic E-state index is 12.6. The van der Waals surface area contributed by atoms with Gasteiger partial charge in [-0.05, 0) is 201 Å². The zero-order valence-corrected chi connectivity index (χ0v) is 68.4. The summed E-state index contributed by atoms with van der Waals surface area (Å²) in [7, 11) is 4.08. The highest BCUT2D eigenvalue weighted by Gasteiger charge is 2.34. The summed E-state index contributed by atoms with van der Waals surface area (Å²) in [6, 6.07) is 52.8. The number of β-amino-alcohol motifs (C(OH)–C–C–N with tert-alkyl or cyclic N) is 1. The zero-order chi connectivity index (χ0) is 82.3. The van der Waals surface area contributed by atoms with E-state index < -0.39 is 6.10 Å². The molecule has 12 N–H and O–H groups in total. The average Bonchev–Trinajstić information content (AvgIpc) is 1.79. The summed E-state index contributed by atoms with van der Waals surface area (Å²) in [5.41, 5.74) is 38.7. The summed E-state index contributed by atoms with van der Waals surface area (Å²) >= 11 is 24.5. The van der Waals surface area contributed by atoms with Gasteiger partial charge in [-0.15, -0.1) is 0 Å². The zero-order valence-electron chi connectivity index (χ0n) is 65.3. The molecule has 0 spiro atoms. The highest BCUT2D eigenvalue weighted by molar-refractivity contribution is 6.32. The number of benzene rings is 8. The molecular weight excluding hydrogens is 1540 g/mol. The monoisotopic (exact) mass is 1630 g/mol. The van der Waals surface area contributed by atoms with Crippen LogP contribution in [-0.4, -0.2) is 124 Å². The van der Waals surface area contributed by atoms with Crippen molar-refractivity contribution < 1.29 is 19.5 Å². The van der Waals surface area contributed by atoms with Crippen molar-refractivity contribution in [1.29, 1.82) is 0 Å². The lowest BCUT2D eigenvalue weighted by Gasteiger charge is -2.28. The number of carbonyl (C=O) groups is 3. The number of aliphatic imine (C=N–C) groups is 1. The van der Waals surface area contributed by atoms with Crippen molar-refractivity contribution in [2.24, 2.45) is 16.6 Å². The molecule has 2 aliphatic heterocycles. The van der Waals surface area contributed by atoms with E-state index in [1.807, 2.05) is 141 Å². The fraction of sp³-hybridized carbons (Fsp3) is 0.250. The normalized spacial score (nSPS) is 13.7. The Morgan fingerprint density at radius 1 is 0.470 bits per heavy atom. The number of ketones is 3. The molecule has 17 nitrogen and oxygen atoms in total. The molecule has 8 aromatic carbocycles. The van der Waals surface area contributed by atoms with E-state index in [0.717, 1.165) is 140 Å². The van der Waals surface area contributed by atoms with Crippen molar-refractivity contribution >= 4 is 136 Å². The van der Waals surface area contributed by atoms with E-state index in [1.54, 1.807) is 55.1 Å². The third kappa shape index (κ3) is 24.0. The van der Waals surface area contributed by atoms with Crippen LogP contribution in [0.25, 0.3) is 43.1 Å². The molecule has 15 rings (SSSR count). The Morgan fingerprint density at radius 2 is 0.821 bits per heavy atom.